The van der Waals surface area contributed by atoms with Gasteiger partial charge in [0.25, 0.3) is 5.69 Å². The molecule has 8 heteroatoms. The van der Waals surface area contributed by atoms with Gasteiger partial charge in [-0.1, -0.05) is 29.8 Å². The Kier molecular flexibility index (Phi) is 5.88. The smallest absolute Gasteiger partial charge is 0.281 e. The van der Waals surface area contributed by atoms with Crippen LogP contribution in [0.4, 0.5) is 5.69 Å². The van der Waals surface area contributed by atoms with E-state index in [1.54, 1.807) is 18.2 Å². The molecule has 0 radical (unpaired) electrons. The first-order chi connectivity index (χ1) is 14.9. The molecule has 0 amide bonds. The fraction of sp³-hybridized carbons (Fsp3) is 0.174. The van der Waals surface area contributed by atoms with Crippen LogP contribution in [0.1, 0.15) is 22.7 Å². The van der Waals surface area contributed by atoms with Gasteiger partial charge in [0.1, 0.15) is 11.5 Å². The third-order valence-electron chi connectivity index (χ3n) is 5.13. The van der Waals surface area contributed by atoms with Crippen LogP contribution in [0.5, 0.6) is 0 Å². The van der Waals surface area contributed by atoms with E-state index in [9.17, 15) is 10.1 Å². The Balaban J connectivity index is 1.46. The quantitative estimate of drug-likeness (QED) is 0.301. The van der Waals surface area contributed by atoms with Crippen molar-refractivity contribution in [3.63, 3.8) is 0 Å². The highest BCUT2D eigenvalue weighted by Crippen LogP contribution is 2.33. The number of aromatic nitrogens is 2. The average Bonchev–Trinajstić information content (AvgIpc) is 3.34. The predicted molar refractivity (Wildman–Crippen MR) is 119 cm³/mol. The SMILES string of the molecule is Cc1nn(-c2ccccc2)c(C)c1CNCc1ccc(-c2ccc(Cl)cc2[N+](=O)[O-])o1. The molecule has 0 unspecified atom stereocenters. The molecule has 7 nitrogen and oxygen atoms in total. The topological polar surface area (TPSA) is 86.1 Å². The number of rotatable bonds is 7. The monoisotopic (exact) mass is 436 g/mol. The number of hydrogen-bond acceptors (Lipinski definition) is 5. The van der Waals surface area contributed by atoms with Gasteiger partial charge in [0.2, 0.25) is 0 Å². The van der Waals surface area contributed by atoms with Crippen LogP contribution in [0.2, 0.25) is 5.02 Å². The van der Waals surface area contributed by atoms with Gasteiger partial charge in [0.05, 0.1) is 28.4 Å². The largest absolute Gasteiger partial charge is 0.459 e. The molecular formula is C23H21ClN4O3. The van der Waals surface area contributed by atoms with Gasteiger partial charge in [-0.05, 0) is 50.2 Å². The molecule has 0 spiro atoms. The standard InChI is InChI=1S/C23H21ClN4O3/c1-15-21(16(2)27(26-15)18-6-4-3-5-7-18)14-25-13-19-9-11-23(31-19)20-10-8-17(24)12-22(20)28(29)30/h3-12,25H,13-14H2,1-2H3. The van der Waals surface area contributed by atoms with E-state index in [0.717, 1.165) is 22.6 Å². The Morgan fingerprint density at radius 3 is 2.61 bits per heavy atom. The molecular weight excluding hydrogens is 416 g/mol. The van der Waals surface area contributed by atoms with Crippen molar-refractivity contribution in [2.75, 3.05) is 0 Å². The molecule has 2 heterocycles. The number of halogens is 1. The van der Waals surface area contributed by atoms with Crippen LogP contribution in [0.25, 0.3) is 17.0 Å². The van der Waals surface area contributed by atoms with Crippen LogP contribution < -0.4 is 5.32 Å². The van der Waals surface area contributed by atoms with Crippen LogP contribution in [0.3, 0.4) is 0 Å². The van der Waals surface area contributed by atoms with Crippen molar-refractivity contribution >= 4 is 17.3 Å². The fourth-order valence-electron chi connectivity index (χ4n) is 3.54. The van der Waals surface area contributed by atoms with Crippen LogP contribution in [-0.2, 0) is 13.1 Å². The van der Waals surface area contributed by atoms with Crippen LogP contribution in [0.15, 0.2) is 65.1 Å². The van der Waals surface area contributed by atoms with Crippen molar-refractivity contribution in [1.29, 1.82) is 0 Å². The number of benzene rings is 2. The van der Waals surface area contributed by atoms with Crippen LogP contribution in [-0.4, -0.2) is 14.7 Å². The Labute approximate surface area is 184 Å². The summed E-state index contributed by atoms with van der Waals surface area (Å²) in [6.45, 7) is 5.15. The first kappa shape index (κ1) is 20.8. The van der Waals surface area contributed by atoms with Crippen molar-refractivity contribution in [2.45, 2.75) is 26.9 Å². The minimum absolute atomic E-state index is 0.0825. The van der Waals surface area contributed by atoms with Gasteiger partial charge >= 0.3 is 0 Å². The summed E-state index contributed by atoms with van der Waals surface area (Å²) in [7, 11) is 0. The van der Waals surface area contributed by atoms with Crippen LogP contribution in [0, 0.1) is 24.0 Å². The van der Waals surface area contributed by atoms with Crippen molar-refractivity contribution in [3.05, 3.63) is 98.5 Å². The third-order valence-corrected chi connectivity index (χ3v) is 5.36. The molecule has 0 saturated carbocycles. The molecule has 0 atom stereocenters. The summed E-state index contributed by atoms with van der Waals surface area (Å²) in [6, 6.07) is 18.1. The second-order valence-corrected chi connectivity index (χ2v) is 7.62. The molecule has 0 bridgehead atoms. The molecule has 158 valence electrons. The molecule has 1 N–H and O–H groups in total. The number of nitro benzene ring substituents is 1. The highest BCUT2D eigenvalue weighted by Gasteiger charge is 2.19. The molecule has 0 aliphatic heterocycles. The molecule has 0 fully saturated rings. The number of nitrogens with zero attached hydrogens (tertiary/aromatic N) is 3. The van der Waals surface area contributed by atoms with E-state index in [1.807, 2.05) is 48.0 Å². The highest BCUT2D eigenvalue weighted by molar-refractivity contribution is 6.30. The lowest BCUT2D eigenvalue weighted by atomic mass is 10.1. The molecule has 31 heavy (non-hydrogen) atoms. The van der Waals surface area contributed by atoms with Crippen molar-refractivity contribution in [2.24, 2.45) is 0 Å². The second-order valence-electron chi connectivity index (χ2n) is 7.18. The van der Waals surface area contributed by atoms with Gasteiger partial charge in [-0.15, -0.1) is 0 Å². The zero-order chi connectivity index (χ0) is 22.0. The maximum absolute atomic E-state index is 11.3. The summed E-state index contributed by atoms with van der Waals surface area (Å²) in [4.78, 5) is 10.9. The summed E-state index contributed by atoms with van der Waals surface area (Å²) in [6.07, 6.45) is 0. The van der Waals surface area contributed by atoms with Gasteiger partial charge < -0.3 is 9.73 Å². The zero-order valence-electron chi connectivity index (χ0n) is 17.1. The van der Waals surface area contributed by atoms with E-state index in [2.05, 4.69) is 17.3 Å². The highest BCUT2D eigenvalue weighted by atomic mass is 35.5. The predicted octanol–water partition coefficient (Wildman–Crippen LogP) is 5.60. The zero-order valence-corrected chi connectivity index (χ0v) is 17.9. The third kappa shape index (κ3) is 4.38. The number of nitro groups is 1. The van der Waals surface area contributed by atoms with Crippen molar-refractivity contribution < 1.29 is 9.34 Å². The maximum atomic E-state index is 11.3. The number of hydrogen-bond donors (Lipinski definition) is 1. The Morgan fingerprint density at radius 1 is 1.10 bits per heavy atom. The van der Waals surface area contributed by atoms with Gasteiger partial charge in [0, 0.05) is 28.9 Å². The molecule has 4 rings (SSSR count). The molecule has 0 saturated heterocycles. The Bertz CT molecular complexity index is 1230. The lowest BCUT2D eigenvalue weighted by molar-refractivity contribution is -0.384. The van der Waals surface area contributed by atoms with E-state index in [0.29, 0.717) is 35.2 Å². The summed E-state index contributed by atoms with van der Waals surface area (Å²) in [5.41, 5.74) is 4.51. The second kappa shape index (κ2) is 8.75. The fourth-order valence-corrected chi connectivity index (χ4v) is 3.71. The maximum Gasteiger partial charge on any atom is 0.281 e. The van der Waals surface area contributed by atoms with Crippen LogP contribution >= 0.6 is 11.6 Å². The van der Waals surface area contributed by atoms with Gasteiger partial charge in [-0.25, -0.2) is 4.68 Å². The van der Waals surface area contributed by atoms with Gasteiger partial charge in [0.15, 0.2) is 0 Å². The summed E-state index contributed by atoms with van der Waals surface area (Å²) >= 11 is 5.89. The van der Waals surface area contributed by atoms with E-state index < -0.39 is 4.92 Å². The van der Waals surface area contributed by atoms with E-state index >= 15 is 0 Å². The van der Waals surface area contributed by atoms with E-state index in [-0.39, 0.29) is 5.69 Å². The van der Waals surface area contributed by atoms with Gasteiger partial charge in [-0.3, -0.25) is 10.1 Å². The molecule has 2 aromatic heterocycles. The molecule has 0 aliphatic carbocycles. The number of para-hydroxylation sites is 1. The number of furan rings is 1. The van der Waals surface area contributed by atoms with Crippen molar-refractivity contribution in [3.8, 4) is 17.0 Å². The van der Waals surface area contributed by atoms with E-state index in [4.69, 9.17) is 16.0 Å². The number of nitrogens with one attached hydrogen (secondary N) is 1. The summed E-state index contributed by atoms with van der Waals surface area (Å²) in [5.74, 6) is 1.12. The molecule has 2 aromatic carbocycles. The van der Waals surface area contributed by atoms with E-state index in [1.165, 1.54) is 6.07 Å². The molecule has 0 aliphatic rings. The Morgan fingerprint density at radius 2 is 1.87 bits per heavy atom. The summed E-state index contributed by atoms with van der Waals surface area (Å²) < 4.78 is 7.78. The first-order valence-corrected chi connectivity index (χ1v) is 10.2. The average molecular weight is 437 g/mol. The minimum atomic E-state index is -0.461. The normalized spacial score (nSPS) is 11.1. The minimum Gasteiger partial charge on any atom is -0.459 e. The van der Waals surface area contributed by atoms with Gasteiger partial charge in [-0.2, -0.15) is 5.10 Å². The first-order valence-electron chi connectivity index (χ1n) is 9.78. The lowest BCUT2D eigenvalue weighted by Gasteiger charge is -2.06. The molecule has 4 aromatic rings. The number of aryl methyl sites for hydroxylation is 1. The summed E-state index contributed by atoms with van der Waals surface area (Å²) in [5, 5.41) is 19.7. The Hall–Kier alpha value is -3.42. The lowest BCUT2D eigenvalue weighted by Crippen LogP contribution is -2.13. The van der Waals surface area contributed by atoms with Crippen molar-refractivity contribution in [1.82, 2.24) is 15.1 Å².